The highest BCUT2D eigenvalue weighted by Crippen LogP contribution is 2.29. The van der Waals surface area contributed by atoms with Crippen LogP contribution < -0.4 is 5.73 Å². The van der Waals surface area contributed by atoms with Crippen LogP contribution in [0.25, 0.3) is 0 Å². The lowest BCUT2D eigenvalue weighted by Gasteiger charge is -2.32. The highest BCUT2D eigenvalue weighted by atomic mass is 16.3. The van der Waals surface area contributed by atoms with Gasteiger partial charge in [0.2, 0.25) is 5.91 Å². The number of hydrogen-bond donors (Lipinski definition) is 2. The van der Waals surface area contributed by atoms with Gasteiger partial charge in [-0.05, 0) is 25.2 Å². The van der Waals surface area contributed by atoms with Crippen LogP contribution >= 0.6 is 0 Å². The standard InChI is InChI=1S/C10H18N2O2/c11-9(7-2-1-3-7)10(14)12-5-4-8(13)6-12/h7-9,13H,1-6,11H2/t8-,9?/m1/s1. The number of nitrogens with two attached hydrogens (primary N) is 1. The summed E-state index contributed by atoms with van der Waals surface area (Å²) in [4.78, 5) is 13.5. The van der Waals surface area contributed by atoms with Crippen LogP contribution in [0.5, 0.6) is 0 Å². The molecule has 0 aromatic heterocycles. The lowest BCUT2D eigenvalue weighted by atomic mass is 9.79. The van der Waals surface area contributed by atoms with E-state index in [4.69, 9.17) is 5.73 Å². The zero-order valence-corrected chi connectivity index (χ0v) is 8.35. The van der Waals surface area contributed by atoms with E-state index in [-0.39, 0.29) is 18.1 Å². The van der Waals surface area contributed by atoms with Crippen molar-refractivity contribution < 1.29 is 9.90 Å². The molecule has 0 spiro atoms. The van der Waals surface area contributed by atoms with Crippen molar-refractivity contribution in [3.05, 3.63) is 0 Å². The van der Waals surface area contributed by atoms with Gasteiger partial charge in [0.15, 0.2) is 0 Å². The fourth-order valence-corrected chi connectivity index (χ4v) is 2.15. The van der Waals surface area contributed by atoms with Crippen LogP contribution in [0.1, 0.15) is 25.7 Å². The lowest BCUT2D eigenvalue weighted by Crippen LogP contribution is -2.48. The SMILES string of the molecule is NC(C(=O)N1CC[C@@H](O)C1)C1CCC1. The van der Waals surface area contributed by atoms with E-state index < -0.39 is 0 Å². The number of amides is 1. The topological polar surface area (TPSA) is 66.6 Å². The van der Waals surface area contributed by atoms with Gasteiger partial charge in [-0.15, -0.1) is 0 Å². The maximum atomic E-state index is 11.8. The Morgan fingerprint density at radius 1 is 1.43 bits per heavy atom. The number of nitrogens with zero attached hydrogens (tertiary/aromatic N) is 1. The molecule has 4 nitrogen and oxygen atoms in total. The lowest BCUT2D eigenvalue weighted by molar-refractivity contribution is -0.133. The van der Waals surface area contributed by atoms with Gasteiger partial charge in [0.25, 0.3) is 0 Å². The minimum Gasteiger partial charge on any atom is -0.391 e. The Kier molecular flexibility index (Phi) is 2.74. The Morgan fingerprint density at radius 2 is 2.14 bits per heavy atom. The van der Waals surface area contributed by atoms with Crippen molar-refractivity contribution in [1.29, 1.82) is 0 Å². The number of aliphatic hydroxyl groups excluding tert-OH is 1. The number of hydrogen-bond acceptors (Lipinski definition) is 3. The van der Waals surface area contributed by atoms with Gasteiger partial charge in [0.1, 0.15) is 0 Å². The molecular weight excluding hydrogens is 180 g/mol. The minimum atomic E-state index is -0.340. The van der Waals surface area contributed by atoms with Gasteiger partial charge in [0, 0.05) is 13.1 Å². The Bertz CT molecular complexity index is 224. The first-order chi connectivity index (χ1) is 6.68. The zero-order chi connectivity index (χ0) is 10.1. The predicted molar refractivity (Wildman–Crippen MR) is 52.5 cm³/mol. The Morgan fingerprint density at radius 3 is 2.57 bits per heavy atom. The molecule has 0 bridgehead atoms. The molecule has 80 valence electrons. The molecule has 2 fully saturated rings. The molecule has 1 amide bonds. The van der Waals surface area contributed by atoms with E-state index >= 15 is 0 Å². The summed E-state index contributed by atoms with van der Waals surface area (Å²) >= 11 is 0. The first-order valence-corrected chi connectivity index (χ1v) is 5.41. The molecule has 2 atom stereocenters. The Hall–Kier alpha value is -0.610. The third-order valence-corrected chi connectivity index (χ3v) is 3.42. The van der Waals surface area contributed by atoms with Crippen LogP contribution in [-0.2, 0) is 4.79 Å². The molecular formula is C10H18N2O2. The molecule has 4 heteroatoms. The molecule has 0 radical (unpaired) electrons. The summed E-state index contributed by atoms with van der Waals surface area (Å²) in [5, 5.41) is 9.31. The van der Waals surface area contributed by atoms with Crippen molar-refractivity contribution in [2.24, 2.45) is 11.7 Å². The van der Waals surface area contributed by atoms with Crippen LogP contribution in [0, 0.1) is 5.92 Å². The Balaban J connectivity index is 1.87. The second kappa shape index (κ2) is 3.87. The van der Waals surface area contributed by atoms with Gasteiger partial charge in [-0.3, -0.25) is 4.79 Å². The summed E-state index contributed by atoms with van der Waals surface area (Å²) < 4.78 is 0. The number of carbonyl (C=O) groups excluding carboxylic acids is 1. The molecule has 1 saturated carbocycles. The average Bonchev–Trinajstić information content (AvgIpc) is 2.47. The fourth-order valence-electron chi connectivity index (χ4n) is 2.15. The monoisotopic (exact) mass is 198 g/mol. The quantitative estimate of drug-likeness (QED) is 0.640. The van der Waals surface area contributed by atoms with Crippen molar-refractivity contribution >= 4 is 5.91 Å². The second-order valence-electron chi connectivity index (χ2n) is 4.44. The summed E-state index contributed by atoms with van der Waals surface area (Å²) in [6, 6.07) is -0.325. The van der Waals surface area contributed by atoms with E-state index in [1.807, 2.05) is 0 Å². The molecule has 1 unspecified atom stereocenters. The van der Waals surface area contributed by atoms with Crippen molar-refractivity contribution in [3.8, 4) is 0 Å². The zero-order valence-electron chi connectivity index (χ0n) is 8.35. The summed E-state index contributed by atoms with van der Waals surface area (Å²) in [6.45, 7) is 1.14. The summed E-state index contributed by atoms with van der Waals surface area (Å²) in [5.41, 5.74) is 5.87. The predicted octanol–water partition coefficient (Wildman–Crippen LogP) is -0.293. The summed E-state index contributed by atoms with van der Waals surface area (Å²) in [6.07, 6.45) is 3.73. The summed E-state index contributed by atoms with van der Waals surface area (Å²) in [5.74, 6) is 0.423. The second-order valence-corrected chi connectivity index (χ2v) is 4.44. The number of aliphatic hydroxyl groups is 1. The fraction of sp³-hybridized carbons (Fsp3) is 0.900. The third kappa shape index (κ3) is 1.77. The van der Waals surface area contributed by atoms with Gasteiger partial charge in [-0.25, -0.2) is 0 Å². The third-order valence-electron chi connectivity index (χ3n) is 3.42. The van der Waals surface area contributed by atoms with Gasteiger partial charge in [0.05, 0.1) is 12.1 Å². The van der Waals surface area contributed by atoms with Crippen LogP contribution in [0.4, 0.5) is 0 Å². The van der Waals surface area contributed by atoms with Crippen molar-refractivity contribution in [2.45, 2.75) is 37.8 Å². The van der Waals surface area contributed by atoms with Crippen LogP contribution in [-0.4, -0.2) is 41.1 Å². The molecule has 0 aromatic carbocycles. The maximum Gasteiger partial charge on any atom is 0.239 e. The average molecular weight is 198 g/mol. The molecule has 2 aliphatic rings. The molecule has 3 N–H and O–H groups in total. The molecule has 1 aliphatic carbocycles. The molecule has 0 aromatic rings. The normalized spacial score (nSPS) is 30.1. The largest absolute Gasteiger partial charge is 0.391 e. The van der Waals surface area contributed by atoms with E-state index in [1.54, 1.807) is 4.90 Å². The first-order valence-electron chi connectivity index (χ1n) is 5.41. The van der Waals surface area contributed by atoms with Crippen molar-refractivity contribution in [3.63, 3.8) is 0 Å². The molecule has 1 aliphatic heterocycles. The molecule has 1 heterocycles. The van der Waals surface area contributed by atoms with Crippen molar-refractivity contribution in [1.82, 2.24) is 4.90 Å². The van der Waals surface area contributed by atoms with Crippen LogP contribution in [0.15, 0.2) is 0 Å². The maximum absolute atomic E-state index is 11.8. The number of β-amino-alcohol motifs (C(OH)–C–C–N with tert-alkyl or cyclic N) is 1. The van der Waals surface area contributed by atoms with Gasteiger partial charge < -0.3 is 15.7 Å². The van der Waals surface area contributed by atoms with E-state index in [9.17, 15) is 9.90 Å². The smallest absolute Gasteiger partial charge is 0.239 e. The highest BCUT2D eigenvalue weighted by Gasteiger charge is 2.34. The van der Waals surface area contributed by atoms with Crippen molar-refractivity contribution in [2.75, 3.05) is 13.1 Å². The Labute approximate surface area is 84.1 Å². The molecule has 2 rings (SSSR count). The highest BCUT2D eigenvalue weighted by molar-refractivity contribution is 5.82. The number of likely N-dealkylation sites (tertiary alicyclic amines) is 1. The number of rotatable bonds is 2. The van der Waals surface area contributed by atoms with Crippen LogP contribution in [0.3, 0.4) is 0 Å². The first kappa shape index (κ1) is 9.93. The van der Waals surface area contributed by atoms with Gasteiger partial charge in [-0.1, -0.05) is 6.42 Å². The molecule has 1 saturated heterocycles. The minimum absolute atomic E-state index is 0.0336. The molecule has 14 heavy (non-hydrogen) atoms. The van der Waals surface area contributed by atoms with E-state index in [0.717, 1.165) is 12.8 Å². The number of carbonyl (C=O) groups is 1. The van der Waals surface area contributed by atoms with E-state index in [1.165, 1.54) is 6.42 Å². The van der Waals surface area contributed by atoms with Crippen LogP contribution in [0.2, 0.25) is 0 Å². The van der Waals surface area contributed by atoms with Gasteiger partial charge >= 0.3 is 0 Å². The van der Waals surface area contributed by atoms with Gasteiger partial charge in [-0.2, -0.15) is 0 Å². The summed E-state index contributed by atoms with van der Waals surface area (Å²) in [7, 11) is 0. The van der Waals surface area contributed by atoms with E-state index in [2.05, 4.69) is 0 Å². The van der Waals surface area contributed by atoms with E-state index in [0.29, 0.717) is 25.4 Å².